The first-order chi connectivity index (χ1) is 13.3. The molecule has 3 rings (SSSR count). The molecule has 0 aliphatic rings. The van der Waals surface area contributed by atoms with E-state index in [-0.39, 0.29) is 27.9 Å². The van der Waals surface area contributed by atoms with E-state index < -0.39 is 10.0 Å². The van der Waals surface area contributed by atoms with Crippen molar-refractivity contribution in [2.24, 2.45) is 25.6 Å². The molecule has 0 bridgehead atoms. The zero-order valence-electron chi connectivity index (χ0n) is 14.5. The van der Waals surface area contributed by atoms with Crippen LogP contribution in [0.5, 0.6) is 0 Å². The molecule has 0 radical (unpaired) electrons. The van der Waals surface area contributed by atoms with Crippen LogP contribution in [0.15, 0.2) is 86.0 Å². The molecule has 0 atom stereocenters. The number of hydrogen-bond donors (Lipinski definition) is 3. The monoisotopic (exact) mass is 396 g/mol. The number of hydrogen-bond acceptors (Lipinski definition) is 9. The lowest BCUT2D eigenvalue weighted by atomic mass is 10.3. The third-order valence-corrected chi connectivity index (χ3v) is 4.44. The second kappa shape index (κ2) is 7.90. The van der Waals surface area contributed by atoms with Crippen molar-refractivity contribution in [1.29, 1.82) is 0 Å². The van der Waals surface area contributed by atoms with Crippen LogP contribution in [-0.4, -0.2) is 13.4 Å². The lowest BCUT2D eigenvalue weighted by Crippen LogP contribution is -2.11. The topological polar surface area (TPSA) is 175 Å². The van der Waals surface area contributed by atoms with Crippen molar-refractivity contribution < 1.29 is 8.42 Å². The number of aromatic nitrogens is 1. The summed E-state index contributed by atoms with van der Waals surface area (Å²) >= 11 is 0. The fourth-order valence-electron chi connectivity index (χ4n) is 2.10. The van der Waals surface area contributed by atoms with Crippen molar-refractivity contribution in [3.8, 4) is 0 Å². The van der Waals surface area contributed by atoms with Gasteiger partial charge in [-0.3, -0.25) is 0 Å². The molecule has 11 heteroatoms. The molecular weight excluding hydrogens is 380 g/mol. The van der Waals surface area contributed by atoms with E-state index >= 15 is 0 Å². The Labute approximate surface area is 160 Å². The quantitative estimate of drug-likeness (QED) is 0.556. The Morgan fingerprint density at radius 3 is 1.71 bits per heavy atom. The number of primary sulfonamides is 1. The number of anilines is 2. The molecule has 6 N–H and O–H groups in total. The Balaban J connectivity index is 1.86. The molecule has 28 heavy (non-hydrogen) atoms. The summed E-state index contributed by atoms with van der Waals surface area (Å²) in [6.07, 6.45) is 0. The van der Waals surface area contributed by atoms with Gasteiger partial charge in [0.1, 0.15) is 11.4 Å². The average molecular weight is 396 g/mol. The van der Waals surface area contributed by atoms with Crippen LogP contribution in [0.1, 0.15) is 0 Å². The average Bonchev–Trinajstić information content (AvgIpc) is 2.67. The van der Waals surface area contributed by atoms with Crippen LogP contribution in [0.2, 0.25) is 0 Å². The van der Waals surface area contributed by atoms with E-state index in [9.17, 15) is 8.42 Å². The highest BCUT2D eigenvalue weighted by Gasteiger charge is 2.08. The Hall–Kier alpha value is -3.70. The Kier molecular flexibility index (Phi) is 5.38. The number of nitrogens with two attached hydrogens (primary N) is 3. The molecule has 0 fully saturated rings. The van der Waals surface area contributed by atoms with Crippen LogP contribution in [-0.2, 0) is 10.0 Å². The van der Waals surface area contributed by atoms with E-state index in [0.29, 0.717) is 11.4 Å². The van der Waals surface area contributed by atoms with Crippen molar-refractivity contribution >= 4 is 44.4 Å². The van der Waals surface area contributed by atoms with Gasteiger partial charge in [0.05, 0.1) is 16.3 Å². The molecule has 1 aromatic heterocycles. The molecule has 142 valence electrons. The highest BCUT2D eigenvalue weighted by atomic mass is 32.2. The van der Waals surface area contributed by atoms with E-state index in [1.807, 2.05) is 18.2 Å². The van der Waals surface area contributed by atoms with E-state index in [1.165, 1.54) is 30.3 Å². The second-order valence-electron chi connectivity index (χ2n) is 5.57. The van der Waals surface area contributed by atoms with Gasteiger partial charge in [-0.2, -0.15) is 10.2 Å². The minimum Gasteiger partial charge on any atom is -0.382 e. The summed E-state index contributed by atoms with van der Waals surface area (Å²) in [5.41, 5.74) is 13.2. The molecule has 0 saturated heterocycles. The summed E-state index contributed by atoms with van der Waals surface area (Å²) in [4.78, 5) is 3.97. The number of nitrogen functional groups attached to an aromatic ring is 2. The fourth-order valence-corrected chi connectivity index (χ4v) is 2.62. The third kappa shape index (κ3) is 4.72. The van der Waals surface area contributed by atoms with Crippen molar-refractivity contribution in [2.45, 2.75) is 4.90 Å². The maximum absolute atomic E-state index is 11.3. The SMILES string of the molecule is Nc1nc(N)c(N=Nc2ccc(S(N)(=O)=O)cc2)cc1N=Nc1ccccc1. The van der Waals surface area contributed by atoms with Crippen LogP contribution in [0, 0.1) is 0 Å². The van der Waals surface area contributed by atoms with Gasteiger partial charge >= 0.3 is 0 Å². The van der Waals surface area contributed by atoms with Gasteiger partial charge in [-0.15, -0.1) is 10.2 Å². The second-order valence-corrected chi connectivity index (χ2v) is 7.13. The molecule has 0 aliphatic heterocycles. The first-order valence-corrected chi connectivity index (χ1v) is 9.45. The van der Waals surface area contributed by atoms with Gasteiger partial charge < -0.3 is 11.5 Å². The molecule has 0 amide bonds. The van der Waals surface area contributed by atoms with Gasteiger partial charge in [0, 0.05) is 6.07 Å². The Morgan fingerprint density at radius 2 is 1.21 bits per heavy atom. The summed E-state index contributed by atoms with van der Waals surface area (Å²) in [7, 11) is -3.77. The maximum Gasteiger partial charge on any atom is 0.238 e. The van der Waals surface area contributed by atoms with Gasteiger partial charge in [-0.05, 0) is 36.4 Å². The van der Waals surface area contributed by atoms with E-state index in [1.54, 1.807) is 12.1 Å². The molecule has 0 spiro atoms. The molecule has 0 saturated carbocycles. The summed E-state index contributed by atoms with van der Waals surface area (Å²) in [5, 5.41) is 21.2. The largest absolute Gasteiger partial charge is 0.382 e. The molecule has 3 aromatic rings. The first kappa shape index (κ1) is 19.1. The summed E-state index contributed by atoms with van der Waals surface area (Å²) in [6.45, 7) is 0. The van der Waals surface area contributed by atoms with E-state index in [0.717, 1.165) is 0 Å². The van der Waals surface area contributed by atoms with Crippen molar-refractivity contribution in [3.05, 3.63) is 60.7 Å². The lowest BCUT2D eigenvalue weighted by molar-refractivity contribution is 0.598. The van der Waals surface area contributed by atoms with Crippen LogP contribution in [0.3, 0.4) is 0 Å². The molecule has 10 nitrogen and oxygen atoms in total. The predicted molar refractivity (Wildman–Crippen MR) is 106 cm³/mol. The predicted octanol–water partition coefficient (Wildman–Crippen LogP) is 3.72. The van der Waals surface area contributed by atoms with Gasteiger partial charge in [-0.1, -0.05) is 18.2 Å². The number of benzene rings is 2. The maximum atomic E-state index is 11.3. The van der Waals surface area contributed by atoms with Crippen molar-refractivity contribution in [1.82, 2.24) is 4.98 Å². The highest BCUT2D eigenvalue weighted by molar-refractivity contribution is 7.89. The molecule has 2 aromatic carbocycles. The first-order valence-electron chi connectivity index (χ1n) is 7.90. The van der Waals surface area contributed by atoms with Gasteiger partial charge in [0.25, 0.3) is 0 Å². The van der Waals surface area contributed by atoms with E-state index in [4.69, 9.17) is 16.6 Å². The van der Waals surface area contributed by atoms with Gasteiger partial charge in [0.2, 0.25) is 10.0 Å². The minimum atomic E-state index is -3.77. The normalized spacial score (nSPS) is 12.0. The smallest absolute Gasteiger partial charge is 0.238 e. The number of azo groups is 2. The number of pyridine rings is 1. The third-order valence-electron chi connectivity index (χ3n) is 3.51. The van der Waals surface area contributed by atoms with Crippen LogP contribution in [0.4, 0.5) is 34.4 Å². The molecule has 0 unspecified atom stereocenters. The van der Waals surface area contributed by atoms with Crippen molar-refractivity contribution in [3.63, 3.8) is 0 Å². The highest BCUT2D eigenvalue weighted by Crippen LogP contribution is 2.32. The van der Waals surface area contributed by atoms with Crippen LogP contribution >= 0.6 is 0 Å². The molecule has 0 aliphatic carbocycles. The zero-order chi connectivity index (χ0) is 20.1. The summed E-state index contributed by atoms with van der Waals surface area (Å²) in [6, 6.07) is 16.2. The number of sulfonamides is 1. The van der Waals surface area contributed by atoms with Gasteiger partial charge in [0.15, 0.2) is 11.6 Å². The zero-order valence-corrected chi connectivity index (χ0v) is 15.3. The fraction of sp³-hybridized carbons (Fsp3) is 0. The Morgan fingerprint density at radius 1 is 0.714 bits per heavy atom. The van der Waals surface area contributed by atoms with E-state index in [2.05, 4.69) is 25.4 Å². The molecule has 1 heterocycles. The standard InChI is InChI=1S/C17H16N8O2S/c18-16-14(24-22-11-4-2-1-3-5-11)10-15(17(19)21-16)25-23-12-6-8-13(9-7-12)28(20,26)27/h1-10H,(H4,18,19,21)(H2,20,26,27). The summed E-state index contributed by atoms with van der Waals surface area (Å²) in [5.74, 6) is 0.176. The number of nitrogens with zero attached hydrogens (tertiary/aromatic N) is 5. The molecular formula is C17H16N8O2S. The Bertz CT molecular complexity index is 1140. The summed E-state index contributed by atoms with van der Waals surface area (Å²) < 4.78 is 22.5. The van der Waals surface area contributed by atoms with Crippen LogP contribution in [0.25, 0.3) is 0 Å². The number of rotatable bonds is 5. The minimum absolute atomic E-state index is 0.0243. The van der Waals surface area contributed by atoms with Crippen molar-refractivity contribution in [2.75, 3.05) is 11.5 Å². The lowest BCUT2D eigenvalue weighted by Gasteiger charge is -2.03. The van der Waals surface area contributed by atoms with Gasteiger partial charge in [-0.25, -0.2) is 18.5 Å². The van der Waals surface area contributed by atoms with Crippen LogP contribution < -0.4 is 16.6 Å².